The molecular weight excluding hydrogens is 268 g/mol. The van der Waals surface area contributed by atoms with Gasteiger partial charge in [-0.25, -0.2) is 0 Å². The van der Waals surface area contributed by atoms with E-state index in [9.17, 15) is 0 Å². The van der Waals surface area contributed by atoms with Gasteiger partial charge in [-0.3, -0.25) is 0 Å². The standard InChI is InChI=1S/C17H29ClN2/c1-5-11-20(14(3)4)12-10-17(19-6-2)15-8-7-9-16(18)13-15/h7-9,13-14,17,19H,5-6,10-12H2,1-4H3. The normalized spacial score (nSPS) is 13.2. The second kappa shape index (κ2) is 9.38. The minimum Gasteiger partial charge on any atom is -0.310 e. The molecule has 1 aromatic rings. The third-order valence-electron chi connectivity index (χ3n) is 3.65. The minimum absolute atomic E-state index is 0.386. The van der Waals surface area contributed by atoms with Crippen molar-refractivity contribution in [2.45, 2.75) is 52.6 Å². The molecule has 2 nitrogen and oxygen atoms in total. The second-order valence-corrected chi connectivity index (χ2v) is 6.02. The third kappa shape index (κ3) is 5.82. The number of rotatable bonds is 9. The molecule has 0 aromatic heterocycles. The molecule has 0 saturated carbocycles. The fraction of sp³-hybridized carbons (Fsp3) is 0.647. The second-order valence-electron chi connectivity index (χ2n) is 5.58. The number of halogens is 1. The van der Waals surface area contributed by atoms with Crippen molar-refractivity contribution in [3.8, 4) is 0 Å². The topological polar surface area (TPSA) is 15.3 Å². The van der Waals surface area contributed by atoms with Gasteiger partial charge >= 0.3 is 0 Å². The van der Waals surface area contributed by atoms with Crippen LogP contribution in [0.2, 0.25) is 5.02 Å². The first-order valence-corrected chi connectivity index (χ1v) is 8.19. The molecule has 0 heterocycles. The van der Waals surface area contributed by atoms with Crippen LogP contribution >= 0.6 is 11.6 Å². The van der Waals surface area contributed by atoms with Crippen LogP contribution < -0.4 is 5.32 Å². The number of hydrogen-bond acceptors (Lipinski definition) is 2. The molecule has 1 atom stereocenters. The summed E-state index contributed by atoms with van der Waals surface area (Å²) in [6, 6.07) is 9.21. The van der Waals surface area contributed by atoms with E-state index in [4.69, 9.17) is 11.6 Å². The molecule has 3 heteroatoms. The molecule has 0 radical (unpaired) electrons. The largest absolute Gasteiger partial charge is 0.310 e. The average molecular weight is 297 g/mol. The fourth-order valence-corrected chi connectivity index (χ4v) is 2.77. The molecule has 1 aromatic carbocycles. The van der Waals surface area contributed by atoms with Gasteiger partial charge in [0.25, 0.3) is 0 Å². The van der Waals surface area contributed by atoms with Gasteiger partial charge < -0.3 is 10.2 Å². The summed E-state index contributed by atoms with van der Waals surface area (Å²) < 4.78 is 0. The summed E-state index contributed by atoms with van der Waals surface area (Å²) in [5.74, 6) is 0. The molecule has 0 aliphatic rings. The lowest BCUT2D eigenvalue weighted by Crippen LogP contribution is -2.35. The zero-order chi connectivity index (χ0) is 15.0. The highest BCUT2D eigenvalue weighted by molar-refractivity contribution is 6.30. The Kier molecular flexibility index (Phi) is 8.20. The van der Waals surface area contributed by atoms with E-state index in [1.165, 1.54) is 18.5 Å². The van der Waals surface area contributed by atoms with Crippen LogP contribution in [0, 0.1) is 0 Å². The molecule has 0 saturated heterocycles. The van der Waals surface area contributed by atoms with Crippen LogP contribution in [-0.2, 0) is 0 Å². The van der Waals surface area contributed by atoms with Gasteiger partial charge in [0.2, 0.25) is 0 Å². The van der Waals surface area contributed by atoms with Crippen molar-refractivity contribution in [2.75, 3.05) is 19.6 Å². The van der Waals surface area contributed by atoms with Gasteiger partial charge in [-0.2, -0.15) is 0 Å². The molecule has 1 N–H and O–H groups in total. The smallest absolute Gasteiger partial charge is 0.0409 e. The van der Waals surface area contributed by atoms with E-state index in [-0.39, 0.29) is 0 Å². The molecule has 0 amide bonds. The predicted octanol–water partition coefficient (Wildman–Crippen LogP) is 4.50. The van der Waals surface area contributed by atoms with E-state index in [2.05, 4.69) is 50.0 Å². The number of nitrogens with one attached hydrogen (secondary N) is 1. The van der Waals surface area contributed by atoms with Crippen LogP contribution in [0.1, 0.15) is 52.1 Å². The highest BCUT2D eigenvalue weighted by Gasteiger charge is 2.14. The van der Waals surface area contributed by atoms with Crippen molar-refractivity contribution in [3.63, 3.8) is 0 Å². The van der Waals surface area contributed by atoms with Crippen molar-refractivity contribution in [1.29, 1.82) is 0 Å². The summed E-state index contributed by atoms with van der Waals surface area (Å²) in [7, 11) is 0. The number of hydrogen-bond donors (Lipinski definition) is 1. The molecule has 0 aliphatic heterocycles. The summed E-state index contributed by atoms with van der Waals surface area (Å²) in [5.41, 5.74) is 1.29. The van der Waals surface area contributed by atoms with Gasteiger partial charge in [0.15, 0.2) is 0 Å². The van der Waals surface area contributed by atoms with Crippen molar-refractivity contribution in [1.82, 2.24) is 10.2 Å². The molecular formula is C17H29ClN2. The van der Waals surface area contributed by atoms with Gasteiger partial charge in [-0.1, -0.05) is 37.6 Å². The Bertz CT molecular complexity index is 379. The lowest BCUT2D eigenvalue weighted by atomic mass is 10.0. The number of nitrogens with zero attached hydrogens (tertiary/aromatic N) is 1. The minimum atomic E-state index is 0.386. The van der Waals surface area contributed by atoms with Crippen LogP contribution in [0.3, 0.4) is 0 Å². The van der Waals surface area contributed by atoms with Gasteiger partial charge in [0.05, 0.1) is 0 Å². The van der Waals surface area contributed by atoms with Crippen LogP contribution in [0.25, 0.3) is 0 Å². The van der Waals surface area contributed by atoms with Gasteiger partial charge in [-0.15, -0.1) is 0 Å². The summed E-state index contributed by atoms with van der Waals surface area (Å²) in [6.45, 7) is 12.2. The van der Waals surface area contributed by atoms with Crippen LogP contribution in [0.5, 0.6) is 0 Å². The SMILES string of the molecule is CCCN(CCC(NCC)c1cccc(Cl)c1)C(C)C. The first kappa shape index (κ1) is 17.5. The molecule has 0 spiro atoms. The maximum absolute atomic E-state index is 6.11. The maximum Gasteiger partial charge on any atom is 0.0409 e. The Morgan fingerprint density at radius 3 is 2.50 bits per heavy atom. The molecule has 1 unspecified atom stereocenters. The Labute approximate surface area is 129 Å². The quantitative estimate of drug-likeness (QED) is 0.722. The van der Waals surface area contributed by atoms with Gasteiger partial charge in [0, 0.05) is 23.7 Å². The molecule has 114 valence electrons. The molecule has 0 aliphatic carbocycles. The molecule has 0 bridgehead atoms. The lowest BCUT2D eigenvalue weighted by molar-refractivity contribution is 0.210. The summed E-state index contributed by atoms with van der Waals surface area (Å²) in [6.07, 6.45) is 2.33. The summed E-state index contributed by atoms with van der Waals surface area (Å²) >= 11 is 6.11. The van der Waals surface area contributed by atoms with Crippen molar-refractivity contribution < 1.29 is 0 Å². The molecule has 1 rings (SSSR count). The zero-order valence-electron chi connectivity index (χ0n) is 13.3. The van der Waals surface area contributed by atoms with Crippen LogP contribution in [-0.4, -0.2) is 30.6 Å². The lowest BCUT2D eigenvalue weighted by Gasteiger charge is -2.28. The van der Waals surface area contributed by atoms with Crippen LogP contribution in [0.15, 0.2) is 24.3 Å². The van der Waals surface area contributed by atoms with E-state index in [1.54, 1.807) is 0 Å². The fourth-order valence-electron chi connectivity index (χ4n) is 2.57. The zero-order valence-corrected chi connectivity index (χ0v) is 14.1. The van der Waals surface area contributed by atoms with Gasteiger partial charge in [-0.05, 0) is 57.5 Å². The van der Waals surface area contributed by atoms with E-state index in [0.29, 0.717) is 12.1 Å². The van der Waals surface area contributed by atoms with Crippen molar-refractivity contribution in [3.05, 3.63) is 34.9 Å². The average Bonchev–Trinajstić information content (AvgIpc) is 2.41. The van der Waals surface area contributed by atoms with E-state index in [1.807, 2.05) is 12.1 Å². The van der Waals surface area contributed by atoms with E-state index < -0.39 is 0 Å². The van der Waals surface area contributed by atoms with Crippen molar-refractivity contribution >= 4 is 11.6 Å². The number of benzene rings is 1. The summed E-state index contributed by atoms with van der Waals surface area (Å²) in [4.78, 5) is 2.55. The Morgan fingerprint density at radius 2 is 1.95 bits per heavy atom. The first-order chi connectivity index (χ1) is 9.58. The first-order valence-electron chi connectivity index (χ1n) is 7.81. The van der Waals surface area contributed by atoms with E-state index in [0.717, 1.165) is 24.5 Å². The Morgan fingerprint density at radius 1 is 1.20 bits per heavy atom. The Hall–Kier alpha value is -0.570. The highest BCUT2D eigenvalue weighted by atomic mass is 35.5. The van der Waals surface area contributed by atoms with Crippen molar-refractivity contribution in [2.24, 2.45) is 0 Å². The summed E-state index contributed by atoms with van der Waals surface area (Å²) in [5, 5.41) is 4.40. The van der Waals surface area contributed by atoms with Gasteiger partial charge in [0.1, 0.15) is 0 Å². The van der Waals surface area contributed by atoms with E-state index >= 15 is 0 Å². The predicted molar refractivity (Wildman–Crippen MR) is 89.5 cm³/mol. The molecule has 20 heavy (non-hydrogen) atoms. The Balaban J connectivity index is 2.67. The maximum atomic E-state index is 6.11. The highest BCUT2D eigenvalue weighted by Crippen LogP contribution is 2.21. The van der Waals surface area contributed by atoms with Crippen LogP contribution in [0.4, 0.5) is 0 Å². The molecule has 0 fully saturated rings. The monoisotopic (exact) mass is 296 g/mol. The third-order valence-corrected chi connectivity index (χ3v) is 3.88.